The minimum Gasteiger partial charge on any atom is -0.481 e. The SMILES string of the molecule is COc1cc(B2OC(C)(C)C(C)(C)O2)c(C(C)O)cn1. The average molecular weight is 279 g/mol. The van der Waals surface area contributed by atoms with Crippen LogP contribution in [0.25, 0.3) is 0 Å². The molecule has 110 valence electrons. The second-order valence-corrected chi connectivity index (χ2v) is 6.12. The van der Waals surface area contributed by atoms with Gasteiger partial charge in [0.1, 0.15) is 0 Å². The molecule has 1 fully saturated rings. The van der Waals surface area contributed by atoms with Gasteiger partial charge in [-0.2, -0.15) is 0 Å². The van der Waals surface area contributed by atoms with Gasteiger partial charge in [-0.3, -0.25) is 0 Å². The number of rotatable bonds is 3. The largest absolute Gasteiger partial charge is 0.495 e. The number of aliphatic hydroxyl groups is 1. The molecule has 1 aliphatic heterocycles. The van der Waals surface area contributed by atoms with Gasteiger partial charge in [0, 0.05) is 12.3 Å². The topological polar surface area (TPSA) is 60.8 Å². The van der Waals surface area contributed by atoms with Gasteiger partial charge >= 0.3 is 7.12 Å². The molecule has 1 atom stereocenters. The molecule has 1 unspecified atom stereocenters. The van der Waals surface area contributed by atoms with Crippen molar-refractivity contribution in [1.29, 1.82) is 0 Å². The first kappa shape index (κ1) is 15.3. The van der Waals surface area contributed by atoms with Crippen LogP contribution in [-0.4, -0.2) is 35.5 Å². The quantitative estimate of drug-likeness (QED) is 0.848. The number of aliphatic hydroxyl groups excluding tert-OH is 1. The minimum absolute atomic E-state index is 0.426. The molecule has 1 N–H and O–H groups in total. The number of pyridine rings is 1. The smallest absolute Gasteiger partial charge is 0.481 e. The van der Waals surface area contributed by atoms with Crippen LogP contribution in [0.3, 0.4) is 0 Å². The van der Waals surface area contributed by atoms with Crippen LogP contribution >= 0.6 is 0 Å². The van der Waals surface area contributed by atoms with Gasteiger partial charge in [0.15, 0.2) is 0 Å². The number of nitrogens with zero attached hydrogens (tertiary/aromatic N) is 1. The lowest BCUT2D eigenvalue weighted by molar-refractivity contribution is 0.00578. The Morgan fingerprint density at radius 3 is 2.25 bits per heavy atom. The summed E-state index contributed by atoms with van der Waals surface area (Å²) in [7, 11) is 1.01. The molecule has 0 radical (unpaired) electrons. The van der Waals surface area contributed by atoms with Crippen LogP contribution in [0.1, 0.15) is 46.3 Å². The zero-order chi connectivity index (χ0) is 15.1. The monoisotopic (exact) mass is 279 g/mol. The van der Waals surface area contributed by atoms with Gasteiger partial charge in [0.25, 0.3) is 0 Å². The molecule has 0 spiro atoms. The Kier molecular flexibility index (Phi) is 3.84. The summed E-state index contributed by atoms with van der Waals surface area (Å²) >= 11 is 0. The molecule has 0 saturated carbocycles. The van der Waals surface area contributed by atoms with Gasteiger partial charge < -0.3 is 19.2 Å². The van der Waals surface area contributed by atoms with E-state index in [1.54, 1.807) is 26.3 Å². The van der Waals surface area contributed by atoms with Crippen molar-refractivity contribution in [2.75, 3.05) is 7.11 Å². The second kappa shape index (κ2) is 5.02. The first-order valence-electron chi connectivity index (χ1n) is 6.75. The van der Waals surface area contributed by atoms with Crippen molar-refractivity contribution < 1.29 is 19.2 Å². The number of methoxy groups -OCH3 is 1. The van der Waals surface area contributed by atoms with Gasteiger partial charge in [-0.05, 0) is 45.6 Å². The number of hydrogen-bond donors (Lipinski definition) is 1. The summed E-state index contributed by atoms with van der Waals surface area (Å²) in [6, 6.07) is 1.75. The summed E-state index contributed by atoms with van der Waals surface area (Å²) in [6.45, 7) is 9.67. The summed E-state index contributed by atoms with van der Waals surface area (Å²) in [6.07, 6.45) is 0.951. The molecule has 2 rings (SSSR count). The highest BCUT2D eigenvalue weighted by Crippen LogP contribution is 2.37. The van der Waals surface area contributed by atoms with E-state index >= 15 is 0 Å². The van der Waals surface area contributed by atoms with Crippen LogP contribution in [0.5, 0.6) is 5.88 Å². The number of hydrogen-bond acceptors (Lipinski definition) is 5. The summed E-state index contributed by atoms with van der Waals surface area (Å²) in [4.78, 5) is 4.13. The summed E-state index contributed by atoms with van der Waals surface area (Å²) in [5.41, 5.74) is 0.587. The lowest BCUT2D eigenvalue weighted by atomic mass is 9.75. The molecule has 0 amide bonds. The van der Waals surface area contributed by atoms with Crippen molar-refractivity contribution in [3.8, 4) is 5.88 Å². The molecule has 1 saturated heterocycles. The molecule has 2 heterocycles. The van der Waals surface area contributed by atoms with Crippen molar-refractivity contribution in [3.63, 3.8) is 0 Å². The van der Waals surface area contributed by atoms with Crippen molar-refractivity contribution >= 4 is 12.6 Å². The van der Waals surface area contributed by atoms with Crippen LogP contribution in [0.4, 0.5) is 0 Å². The van der Waals surface area contributed by atoms with E-state index in [2.05, 4.69) is 4.98 Å². The fraction of sp³-hybridized carbons (Fsp3) is 0.643. The fourth-order valence-electron chi connectivity index (χ4n) is 2.10. The summed E-state index contributed by atoms with van der Waals surface area (Å²) < 4.78 is 17.2. The maximum absolute atomic E-state index is 9.90. The van der Waals surface area contributed by atoms with E-state index in [1.807, 2.05) is 27.7 Å². The molecule has 0 bridgehead atoms. The molecule has 1 aromatic rings. The highest BCUT2D eigenvalue weighted by atomic mass is 16.7. The number of ether oxygens (including phenoxy) is 1. The third-order valence-corrected chi connectivity index (χ3v) is 4.11. The number of aromatic nitrogens is 1. The van der Waals surface area contributed by atoms with E-state index in [0.717, 1.165) is 5.46 Å². The third kappa shape index (κ3) is 2.55. The maximum atomic E-state index is 9.90. The Morgan fingerprint density at radius 1 is 1.25 bits per heavy atom. The molecular formula is C14H22BNO4. The normalized spacial score (nSPS) is 21.9. The fourth-order valence-corrected chi connectivity index (χ4v) is 2.10. The molecule has 6 heteroatoms. The van der Waals surface area contributed by atoms with Gasteiger partial charge in [0.05, 0.1) is 24.4 Å². The standard InChI is InChI=1S/C14H22BNO4/c1-9(17)10-8-16-12(18-6)7-11(10)15-19-13(2,3)14(4,5)20-15/h7-9,17H,1-6H3. The molecule has 0 aliphatic carbocycles. The van der Waals surface area contributed by atoms with E-state index in [1.165, 1.54) is 0 Å². The zero-order valence-electron chi connectivity index (χ0n) is 12.9. The van der Waals surface area contributed by atoms with Crippen LogP contribution in [0.2, 0.25) is 0 Å². The highest BCUT2D eigenvalue weighted by molar-refractivity contribution is 6.62. The van der Waals surface area contributed by atoms with Crippen molar-refractivity contribution in [2.45, 2.75) is 51.9 Å². The minimum atomic E-state index is -0.651. The highest BCUT2D eigenvalue weighted by Gasteiger charge is 2.52. The molecule has 1 aliphatic rings. The Morgan fingerprint density at radius 2 is 1.80 bits per heavy atom. The Bertz CT molecular complexity index is 486. The molecule has 1 aromatic heterocycles. The lowest BCUT2D eigenvalue weighted by Gasteiger charge is -2.32. The third-order valence-electron chi connectivity index (χ3n) is 4.11. The molecule has 20 heavy (non-hydrogen) atoms. The van der Waals surface area contributed by atoms with Crippen LogP contribution < -0.4 is 10.2 Å². The van der Waals surface area contributed by atoms with E-state index in [4.69, 9.17) is 14.0 Å². The first-order chi connectivity index (χ1) is 9.18. The van der Waals surface area contributed by atoms with Gasteiger partial charge in [-0.25, -0.2) is 4.98 Å². The molecule has 0 aromatic carbocycles. The van der Waals surface area contributed by atoms with E-state index in [9.17, 15) is 5.11 Å². The van der Waals surface area contributed by atoms with Crippen LogP contribution in [0, 0.1) is 0 Å². The first-order valence-corrected chi connectivity index (χ1v) is 6.75. The molecule has 5 nitrogen and oxygen atoms in total. The second-order valence-electron chi connectivity index (χ2n) is 6.12. The van der Waals surface area contributed by atoms with Gasteiger partial charge in [-0.1, -0.05) is 0 Å². The van der Waals surface area contributed by atoms with Crippen LogP contribution in [-0.2, 0) is 9.31 Å². The van der Waals surface area contributed by atoms with Crippen molar-refractivity contribution in [3.05, 3.63) is 17.8 Å². The summed E-state index contributed by atoms with van der Waals surface area (Å²) in [5, 5.41) is 9.90. The average Bonchev–Trinajstić information content (AvgIpc) is 2.57. The Balaban J connectivity index is 2.42. The predicted octanol–water partition coefficient (Wildman–Crippen LogP) is 1.44. The Labute approximate surface area is 120 Å². The molecular weight excluding hydrogens is 257 g/mol. The van der Waals surface area contributed by atoms with E-state index in [0.29, 0.717) is 11.4 Å². The lowest BCUT2D eigenvalue weighted by Crippen LogP contribution is -2.41. The zero-order valence-corrected chi connectivity index (χ0v) is 12.9. The Hall–Kier alpha value is -1.11. The van der Waals surface area contributed by atoms with Crippen molar-refractivity contribution in [1.82, 2.24) is 4.98 Å². The van der Waals surface area contributed by atoms with Crippen LogP contribution in [0.15, 0.2) is 12.3 Å². The predicted molar refractivity (Wildman–Crippen MR) is 77.1 cm³/mol. The van der Waals surface area contributed by atoms with Gasteiger partial charge in [-0.15, -0.1) is 0 Å². The van der Waals surface area contributed by atoms with Gasteiger partial charge in [0.2, 0.25) is 5.88 Å². The summed E-state index contributed by atoms with van der Waals surface area (Å²) in [5.74, 6) is 0.471. The van der Waals surface area contributed by atoms with Crippen molar-refractivity contribution in [2.24, 2.45) is 0 Å². The van der Waals surface area contributed by atoms with E-state index < -0.39 is 24.4 Å². The van der Waals surface area contributed by atoms with E-state index in [-0.39, 0.29) is 0 Å². The maximum Gasteiger partial charge on any atom is 0.495 e.